The molecule has 0 atom stereocenters. The number of hydrogen-bond acceptors (Lipinski definition) is 4. The van der Waals surface area contributed by atoms with E-state index < -0.39 is 0 Å². The summed E-state index contributed by atoms with van der Waals surface area (Å²) in [7, 11) is 1.78. The first-order chi connectivity index (χ1) is 11.5. The summed E-state index contributed by atoms with van der Waals surface area (Å²) in [5.41, 5.74) is 2.19. The lowest BCUT2D eigenvalue weighted by Crippen LogP contribution is -2.30. The summed E-state index contributed by atoms with van der Waals surface area (Å²) >= 11 is 11.8. The lowest BCUT2D eigenvalue weighted by Gasteiger charge is -2.17. The first-order valence-corrected chi connectivity index (χ1v) is 7.96. The van der Waals surface area contributed by atoms with E-state index in [0.29, 0.717) is 21.6 Å². The third-order valence-corrected chi connectivity index (χ3v) is 4.15. The minimum atomic E-state index is -0.189. The van der Waals surface area contributed by atoms with Gasteiger partial charge >= 0.3 is 0 Å². The Labute approximate surface area is 149 Å². The molecule has 1 amide bonds. The molecule has 0 spiro atoms. The first kappa shape index (κ1) is 16.5. The van der Waals surface area contributed by atoms with E-state index in [1.165, 1.54) is 0 Å². The van der Waals surface area contributed by atoms with Crippen LogP contribution in [0.1, 0.15) is 0 Å². The summed E-state index contributed by atoms with van der Waals surface area (Å²) in [6.45, 7) is 0.132. The van der Waals surface area contributed by atoms with Gasteiger partial charge in [0.2, 0.25) is 5.91 Å². The number of nitrogens with one attached hydrogen (secondary N) is 1. The largest absolute Gasteiger partial charge is 0.349 e. The van der Waals surface area contributed by atoms with Crippen LogP contribution in [-0.4, -0.2) is 29.5 Å². The smallest absolute Gasteiger partial charge is 0.243 e. The van der Waals surface area contributed by atoms with Crippen molar-refractivity contribution in [1.29, 1.82) is 0 Å². The van der Waals surface area contributed by atoms with Crippen molar-refractivity contribution in [1.82, 2.24) is 9.97 Å². The summed E-state index contributed by atoms with van der Waals surface area (Å²) in [5, 5.41) is 3.61. The Morgan fingerprint density at radius 3 is 2.62 bits per heavy atom. The van der Waals surface area contributed by atoms with Crippen LogP contribution in [0.5, 0.6) is 0 Å². The Balaban J connectivity index is 1.69. The topological polar surface area (TPSA) is 58.1 Å². The van der Waals surface area contributed by atoms with Gasteiger partial charge in [-0.25, -0.2) is 4.98 Å². The van der Waals surface area contributed by atoms with E-state index in [1.54, 1.807) is 36.3 Å². The van der Waals surface area contributed by atoms with Crippen molar-refractivity contribution in [3.05, 3.63) is 58.7 Å². The van der Waals surface area contributed by atoms with Crippen molar-refractivity contribution in [3.8, 4) is 0 Å². The SMILES string of the molecule is CN(CC(=O)Nc1ccc(Cl)c(Cl)c1)c1cnc2ccccc2n1. The molecule has 0 aliphatic carbocycles. The predicted octanol–water partition coefficient (Wildman–Crippen LogP) is 4.01. The Kier molecular flexibility index (Phi) is 4.83. The van der Waals surface area contributed by atoms with Crippen molar-refractivity contribution >= 4 is 51.6 Å². The zero-order chi connectivity index (χ0) is 17.1. The average molecular weight is 361 g/mol. The number of para-hydroxylation sites is 2. The molecule has 3 aromatic rings. The molecule has 0 saturated carbocycles. The van der Waals surface area contributed by atoms with Crippen LogP contribution < -0.4 is 10.2 Å². The van der Waals surface area contributed by atoms with Crippen molar-refractivity contribution in [3.63, 3.8) is 0 Å². The van der Waals surface area contributed by atoms with E-state index >= 15 is 0 Å². The fourth-order valence-corrected chi connectivity index (χ4v) is 2.50. The summed E-state index contributed by atoms with van der Waals surface area (Å²) in [5.74, 6) is 0.434. The summed E-state index contributed by atoms with van der Waals surface area (Å²) < 4.78 is 0. The number of amides is 1. The van der Waals surface area contributed by atoms with Gasteiger partial charge in [0.15, 0.2) is 0 Å². The van der Waals surface area contributed by atoms with Gasteiger partial charge in [0.05, 0.1) is 33.8 Å². The van der Waals surface area contributed by atoms with Gasteiger partial charge in [-0.15, -0.1) is 0 Å². The number of anilines is 2. The Morgan fingerprint density at radius 1 is 1.12 bits per heavy atom. The second kappa shape index (κ2) is 7.03. The van der Waals surface area contributed by atoms with Crippen LogP contribution in [0.25, 0.3) is 11.0 Å². The number of rotatable bonds is 4. The van der Waals surface area contributed by atoms with Gasteiger partial charge in [-0.05, 0) is 30.3 Å². The van der Waals surface area contributed by atoms with Gasteiger partial charge in [0.1, 0.15) is 5.82 Å². The number of fused-ring (bicyclic) bond motifs is 1. The number of nitrogens with zero attached hydrogens (tertiary/aromatic N) is 3. The van der Waals surface area contributed by atoms with Crippen molar-refractivity contribution in [2.45, 2.75) is 0 Å². The zero-order valence-corrected chi connectivity index (χ0v) is 14.3. The highest BCUT2D eigenvalue weighted by Crippen LogP contribution is 2.25. The molecule has 7 heteroatoms. The van der Waals surface area contributed by atoms with Crippen LogP contribution in [0.15, 0.2) is 48.7 Å². The molecule has 1 N–H and O–H groups in total. The van der Waals surface area contributed by atoms with E-state index in [-0.39, 0.29) is 12.5 Å². The molecule has 1 aromatic heterocycles. The maximum Gasteiger partial charge on any atom is 0.243 e. The number of halogens is 2. The standard InChI is InChI=1S/C17H14Cl2N4O/c1-23(16-9-20-14-4-2-3-5-15(14)22-16)10-17(24)21-11-6-7-12(18)13(19)8-11/h2-9H,10H2,1H3,(H,21,24). The molecule has 3 rings (SSSR count). The highest BCUT2D eigenvalue weighted by molar-refractivity contribution is 6.42. The quantitative estimate of drug-likeness (QED) is 0.763. The fourth-order valence-electron chi connectivity index (χ4n) is 2.20. The van der Waals surface area contributed by atoms with E-state index in [1.807, 2.05) is 24.3 Å². The molecule has 5 nitrogen and oxygen atoms in total. The van der Waals surface area contributed by atoms with Crippen LogP contribution in [0.2, 0.25) is 10.0 Å². The third kappa shape index (κ3) is 3.75. The minimum absolute atomic E-state index is 0.132. The van der Waals surface area contributed by atoms with Crippen molar-refractivity contribution in [2.75, 3.05) is 23.8 Å². The monoisotopic (exact) mass is 360 g/mol. The van der Waals surface area contributed by atoms with Gasteiger partial charge < -0.3 is 10.2 Å². The minimum Gasteiger partial charge on any atom is -0.349 e. The van der Waals surface area contributed by atoms with Gasteiger partial charge in [-0.2, -0.15) is 0 Å². The van der Waals surface area contributed by atoms with Crippen LogP contribution in [0, 0.1) is 0 Å². The number of carbonyl (C=O) groups excluding carboxylic acids is 1. The van der Waals surface area contributed by atoms with Crippen LogP contribution in [0.4, 0.5) is 11.5 Å². The summed E-state index contributed by atoms with van der Waals surface area (Å²) in [4.78, 5) is 22.8. The Morgan fingerprint density at radius 2 is 1.88 bits per heavy atom. The average Bonchev–Trinajstić information content (AvgIpc) is 2.57. The normalized spacial score (nSPS) is 10.6. The molecule has 0 unspecified atom stereocenters. The number of benzene rings is 2. The van der Waals surface area contributed by atoms with E-state index in [0.717, 1.165) is 11.0 Å². The molecular formula is C17H14Cl2N4O. The lowest BCUT2D eigenvalue weighted by atomic mass is 10.3. The lowest BCUT2D eigenvalue weighted by molar-refractivity contribution is -0.114. The van der Waals surface area contributed by atoms with Gasteiger partial charge in [-0.1, -0.05) is 35.3 Å². The molecule has 1 heterocycles. The molecule has 122 valence electrons. The fraction of sp³-hybridized carbons (Fsp3) is 0.118. The van der Waals surface area contributed by atoms with Crippen LogP contribution in [-0.2, 0) is 4.79 Å². The van der Waals surface area contributed by atoms with E-state index in [4.69, 9.17) is 23.2 Å². The van der Waals surface area contributed by atoms with Gasteiger partial charge in [0.25, 0.3) is 0 Å². The van der Waals surface area contributed by atoms with E-state index in [2.05, 4.69) is 15.3 Å². The Bertz CT molecular complexity index is 901. The molecule has 0 fully saturated rings. The van der Waals surface area contributed by atoms with Crippen molar-refractivity contribution < 1.29 is 4.79 Å². The van der Waals surface area contributed by atoms with Crippen molar-refractivity contribution in [2.24, 2.45) is 0 Å². The summed E-state index contributed by atoms with van der Waals surface area (Å²) in [6, 6.07) is 12.5. The highest BCUT2D eigenvalue weighted by atomic mass is 35.5. The van der Waals surface area contributed by atoms with Crippen LogP contribution >= 0.6 is 23.2 Å². The maximum atomic E-state index is 12.2. The predicted molar refractivity (Wildman–Crippen MR) is 97.9 cm³/mol. The molecule has 0 aliphatic rings. The maximum absolute atomic E-state index is 12.2. The molecule has 0 aliphatic heterocycles. The van der Waals surface area contributed by atoms with Gasteiger partial charge in [0, 0.05) is 12.7 Å². The number of likely N-dealkylation sites (N-methyl/N-ethyl adjacent to an activating group) is 1. The number of hydrogen-bond donors (Lipinski definition) is 1. The van der Waals surface area contributed by atoms with Crippen LogP contribution in [0.3, 0.4) is 0 Å². The molecule has 0 radical (unpaired) electrons. The van der Waals surface area contributed by atoms with E-state index in [9.17, 15) is 4.79 Å². The number of carbonyl (C=O) groups is 1. The molecular weight excluding hydrogens is 347 g/mol. The Hall–Kier alpha value is -2.37. The molecule has 2 aromatic carbocycles. The highest BCUT2D eigenvalue weighted by Gasteiger charge is 2.11. The molecule has 0 saturated heterocycles. The molecule has 0 bridgehead atoms. The molecule has 24 heavy (non-hydrogen) atoms. The second-order valence-corrected chi connectivity index (χ2v) is 6.06. The summed E-state index contributed by atoms with van der Waals surface area (Å²) in [6.07, 6.45) is 1.65. The number of aromatic nitrogens is 2. The van der Waals surface area contributed by atoms with Gasteiger partial charge in [-0.3, -0.25) is 9.78 Å². The third-order valence-electron chi connectivity index (χ3n) is 3.41. The first-order valence-electron chi connectivity index (χ1n) is 7.21. The zero-order valence-electron chi connectivity index (χ0n) is 12.8. The second-order valence-electron chi connectivity index (χ2n) is 5.25.